The summed E-state index contributed by atoms with van der Waals surface area (Å²) in [6.07, 6.45) is 2.56. The number of ether oxygens (including phenoxy) is 1. The first kappa shape index (κ1) is 30.1. The van der Waals surface area contributed by atoms with Gasteiger partial charge in [-0.3, -0.25) is 19.7 Å². The van der Waals surface area contributed by atoms with Crippen LogP contribution in [0.5, 0.6) is 0 Å². The molecule has 4 aromatic carbocycles. The molecule has 7 rings (SSSR count). The van der Waals surface area contributed by atoms with E-state index in [-0.39, 0.29) is 23.1 Å². The van der Waals surface area contributed by atoms with E-state index in [0.717, 1.165) is 38.4 Å². The number of rotatable bonds is 5. The highest BCUT2D eigenvalue weighted by atomic mass is 32.2. The van der Waals surface area contributed by atoms with E-state index in [2.05, 4.69) is 22.8 Å². The fourth-order valence-corrected chi connectivity index (χ4v) is 6.70. The molecule has 1 fully saturated rings. The van der Waals surface area contributed by atoms with Crippen LogP contribution in [0.3, 0.4) is 0 Å². The average molecular weight is 615 g/mol. The molecular formula is C32H30N4O5S2. The van der Waals surface area contributed by atoms with Gasteiger partial charge in [-0.2, -0.15) is 0 Å². The van der Waals surface area contributed by atoms with Crippen molar-refractivity contribution in [3.63, 3.8) is 0 Å². The van der Waals surface area contributed by atoms with Gasteiger partial charge in [-0.05, 0) is 55.3 Å². The van der Waals surface area contributed by atoms with Crippen molar-refractivity contribution in [1.82, 2.24) is 10.6 Å². The summed E-state index contributed by atoms with van der Waals surface area (Å²) >= 11 is 3.16. The van der Waals surface area contributed by atoms with E-state index in [9.17, 15) is 19.7 Å². The molecule has 43 heavy (non-hydrogen) atoms. The number of carbonyl (C=O) groups is 2. The van der Waals surface area contributed by atoms with Crippen LogP contribution in [0.4, 0.5) is 11.4 Å². The van der Waals surface area contributed by atoms with Crippen LogP contribution in [0, 0.1) is 10.1 Å². The molecule has 4 aromatic rings. The van der Waals surface area contributed by atoms with Gasteiger partial charge in [-0.15, -0.1) is 0 Å². The molecule has 220 valence electrons. The van der Waals surface area contributed by atoms with E-state index in [0.29, 0.717) is 29.9 Å². The van der Waals surface area contributed by atoms with Crippen molar-refractivity contribution in [1.29, 1.82) is 0 Å². The molecule has 0 aliphatic carbocycles. The molecule has 9 nitrogen and oxygen atoms in total. The second-order valence-electron chi connectivity index (χ2n) is 9.72. The molecule has 1 saturated heterocycles. The number of carbonyl (C=O) groups excluding carboxylic acids is 2. The number of anilines is 1. The molecule has 0 spiro atoms. The van der Waals surface area contributed by atoms with Crippen LogP contribution in [-0.2, 0) is 17.8 Å². The Hall–Kier alpha value is -4.32. The Morgan fingerprint density at radius 3 is 1.67 bits per heavy atom. The highest BCUT2D eigenvalue weighted by Gasteiger charge is 2.31. The minimum atomic E-state index is -0.513. The summed E-state index contributed by atoms with van der Waals surface area (Å²) in [5, 5.41) is 16.5. The Kier molecular flexibility index (Phi) is 9.98. The summed E-state index contributed by atoms with van der Waals surface area (Å²) < 4.78 is 4.94. The first-order valence-corrected chi connectivity index (χ1v) is 15.4. The predicted molar refractivity (Wildman–Crippen MR) is 167 cm³/mol. The molecule has 0 saturated carbocycles. The Labute approximate surface area is 257 Å². The number of nitrogens with one attached hydrogen (secondary N) is 2. The molecule has 0 aromatic heterocycles. The lowest BCUT2D eigenvalue weighted by Gasteiger charge is -2.08. The van der Waals surface area contributed by atoms with Crippen LogP contribution in [-0.4, -0.2) is 30.0 Å². The van der Waals surface area contributed by atoms with E-state index in [1.165, 1.54) is 30.7 Å². The molecule has 11 heteroatoms. The first-order chi connectivity index (χ1) is 20.9. The highest BCUT2D eigenvalue weighted by molar-refractivity contribution is 7.99. The zero-order chi connectivity index (χ0) is 30.2. The maximum absolute atomic E-state index is 11.8. The van der Waals surface area contributed by atoms with Gasteiger partial charge in [0, 0.05) is 68.8 Å². The van der Waals surface area contributed by atoms with Gasteiger partial charge in [-0.1, -0.05) is 59.9 Å². The van der Waals surface area contributed by atoms with Crippen LogP contribution in [0.2, 0.25) is 0 Å². The third-order valence-corrected chi connectivity index (χ3v) is 9.04. The number of fused-ring (bicyclic) bond motifs is 2. The van der Waals surface area contributed by atoms with Crippen molar-refractivity contribution in [3.05, 3.63) is 117 Å². The molecule has 2 amide bonds. The molecule has 0 atom stereocenters. The lowest BCUT2D eigenvalue weighted by Crippen LogP contribution is -2.13. The van der Waals surface area contributed by atoms with Crippen LogP contribution in [0.25, 0.3) is 0 Å². The average Bonchev–Trinajstić information content (AvgIpc) is 3.80. The van der Waals surface area contributed by atoms with Gasteiger partial charge in [-0.25, -0.2) is 0 Å². The van der Waals surface area contributed by atoms with Crippen molar-refractivity contribution in [2.24, 2.45) is 0 Å². The Bertz CT molecular complexity index is 1620. The quantitative estimate of drug-likeness (QED) is 0.133. The standard InChI is InChI=1S/C14H10N2O3S.C14H12N2OS.C4H8O/c17-14-13-10(8-15-14)12(7-6-11(13)16(18)19)20-9-4-2-1-3-5-9;15-11-6-7-12(10-8-16-14(17)13(10)11)18-9-4-2-1-3-5-9;1-2-4-5-3-1/h1-7H,8H2,(H,15,17);1-7H,8,15H2,(H,16,17);1-4H2. The zero-order valence-electron chi connectivity index (χ0n) is 23.2. The lowest BCUT2D eigenvalue weighted by atomic mass is 10.1. The second-order valence-corrected chi connectivity index (χ2v) is 11.9. The van der Waals surface area contributed by atoms with Crippen molar-refractivity contribution in [2.45, 2.75) is 45.5 Å². The molecule has 0 bridgehead atoms. The van der Waals surface area contributed by atoms with E-state index < -0.39 is 4.92 Å². The van der Waals surface area contributed by atoms with Gasteiger partial charge in [0.2, 0.25) is 0 Å². The number of hydrogen-bond donors (Lipinski definition) is 3. The maximum atomic E-state index is 11.8. The third kappa shape index (κ3) is 7.37. The first-order valence-electron chi connectivity index (χ1n) is 13.7. The van der Waals surface area contributed by atoms with Crippen molar-refractivity contribution >= 4 is 46.7 Å². The van der Waals surface area contributed by atoms with Gasteiger partial charge >= 0.3 is 0 Å². The fraction of sp³-hybridized carbons (Fsp3) is 0.188. The number of nitrogens with two attached hydrogens (primary N) is 1. The van der Waals surface area contributed by atoms with Gasteiger partial charge in [0.05, 0.1) is 10.5 Å². The predicted octanol–water partition coefficient (Wildman–Crippen LogP) is 6.45. The van der Waals surface area contributed by atoms with E-state index >= 15 is 0 Å². The Balaban J connectivity index is 0.000000148. The fourth-order valence-electron chi connectivity index (χ4n) is 4.73. The van der Waals surface area contributed by atoms with Crippen LogP contribution >= 0.6 is 23.5 Å². The van der Waals surface area contributed by atoms with Crippen LogP contribution in [0.15, 0.2) is 105 Å². The number of hydrogen-bond acceptors (Lipinski definition) is 8. The number of nitrogen functional groups attached to an aromatic ring is 1. The molecule has 4 N–H and O–H groups in total. The lowest BCUT2D eigenvalue weighted by molar-refractivity contribution is -0.385. The maximum Gasteiger partial charge on any atom is 0.282 e. The van der Waals surface area contributed by atoms with Gasteiger partial charge in [0.25, 0.3) is 17.5 Å². The number of nitro groups is 1. The number of amides is 2. The van der Waals surface area contributed by atoms with Crippen LogP contribution in [0.1, 0.15) is 44.7 Å². The number of benzene rings is 4. The topological polar surface area (TPSA) is 137 Å². The number of nitrogens with zero attached hydrogens (tertiary/aromatic N) is 1. The molecular weight excluding hydrogens is 585 g/mol. The molecule has 0 unspecified atom stereocenters. The van der Waals surface area contributed by atoms with E-state index in [4.69, 9.17) is 10.5 Å². The summed E-state index contributed by atoms with van der Waals surface area (Å²) in [5.74, 6) is -0.444. The van der Waals surface area contributed by atoms with Gasteiger partial charge in [0.1, 0.15) is 5.56 Å². The Morgan fingerprint density at radius 2 is 1.19 bits per heavy atom. The SMILES string of the molecule is C1CCOC1.Nc1ccc(Sc2ccccc2)c2c1C(=O)NC2.O=C1NCc2c(Sc3ccccc3)ccc([N+](=O)[O-])c21. The van der Waals surface area contributed by atoms with Gasteiger partial charge < -0.3 is 21.1 Å². The summed E-state index contributed by atoms with van der Waals surface area (Å²) in [4.78, 5) is 38.1. The van der Waals surface area contributed by atoms with Crippen molar-refractivity contribution in [3.8, 4) is 0 Å². The van der Waals surface area contributed by atoms with Crippen molar-refractivity contribution in [2.75, 3.05) is 18.9 Å². The minimum Gasteiger partial charge on any atom is -0.398 e. The minimum absolute atomic E-state index is 0.0713. The normalized spacial score (nSPS) is 14.3. The highest BCUT2D eigenvalue weighted by Crippen LogP contribution is 2.38. The van der Waals surface area contributed by atoms with Crippen molar-refractivity contribution < 1.29 is 19.2 Å². The van der Waals surface area contributed by atoms with Gasteiger partial charge in [0.15, 0.2) is 0 Å². The van der Waals surface area contributed by atoms with E-state index in [1.54, 1.807) is 23.9 Å². The largest absolute Gasteiger partial charge is 0.398 e. The monoisotopic (exact) mass is 614 g/mol. The molecule has 3 aliphatic rings. The van der Waals surface area contributed by atoms with E-state index in [1.807, 2.05) is 54.6 Å². The summed E-state index contributed by atoms with van der Waals surface area (Å²) in [6.45, 7) is 2.90. The Morgan fingerprint density at radius 1 is 0.698 bits per heavy atom. The van der Waals surface area contributed by atoms with Crippen LogP contribution < -0.4 is 16.4 Å². The molecule has 3 heterocycles. The summed E-state index contributed by atoms with van der Waals surface area (Å²) in [5.41, 5.74) is 8.82. The third-order valence-electron chi connectivity index (χ3n) is 6.82. The second kappa shape index (κ2) is 14.2. The molecule has 0 radical (unpaired) electrons. The molecule has 3 aliphatic heterocycles. The summed E-state index contributed by atoms with van der Waals surface area (Å²) in [6, 6.07) is 26.7. The summed E-state index contributed by atoms with van der Waals surface area (Å²) in [7, 11) is 0. The smallest absolute Gasteiger partial charge is 0.282 e. The zero-order valence-corrected chi connectivity index (χ0v) is 24.8. The number of nitro benzene ring substituents is 1.